The molecule has 2 aliphatic heterocycles. The monoisotopic (exact) mass is 420 g/mol. The van der Waals surface area contributed by atoms with Gasteiger partial charge in [0.1, 0.15) is 0 Å². The van der Waals surface area contributed by atoms with Crippen molar-refractivity contribution < 1.29 is 4.79 Å². The lowest BCUT2D eigenvalue weighted by Gasteiger charge is -2.36. The topological polar surface area (TPSA) is 38.8 Å². The first kappa shape index (κ1) is 21.8. The molecule has 1 N–H and O–H groups in total. The number of benzene rings is 2. The maximum atomic E-state index is 12.6. The van der Waals surface area contributed by atoms with Crippen molar-refractivity contribution in [3.05, 3.63) is 71.3 Å². The fourth-order valence-electron chi connectivity index (χ4n) is 4.71. The molecular weight excluding hydrogens is 384 g/mol. The Bertz CT molecular complexity index is 824. The molecular formula is C26H36N4O. The van der Waals surface area contributed by atoms with Gasteiger partial charge < -0.3 is 10.2 Å². The van der Waals surface area contributed by atoms with Gasteiger partial charge in [-0.05, 0) is 49.9 Å². The van der Waals surface area contributed by atoms with E-state index in [-0.39, 0.29) is 6.03 Å². The summed E-state index contributed by atoms with van der Waals surface area (Å²) in [6.07, 6.45) is 2.33. The van der Waals surface area contributed by atoms with Gasteiger partial charge in [-0.2, -0.15) is 0 Å². The highest BCUT2D eigenvalue weighted by Gasteiger charge is 2.23. The predicted octanol–water partition coefficient (Wildman–Crippen LogP) is 3.73. The molecule has 0 spiro atoms. The molecule has 4 rings (SSSR count). The molecule has 2 aromatic carbocycles. The van der Waals surface area contributed by atoms with Crippen LogP contribution >= 0.6 is 0 Å². The van der Waals surface area contributed by atoms with Gasteiger partial charge in [0.15, 0.2) is 0 Å². The first-order valence-corrected chi connectivity index (χ1v) is 11.7. The number of amides is 2. The summed E-state index contributed by atoms with van der Waals surface area (Å²) in [5, 5.41) is 3.21. The van der Waals surface area contributed by atoms with Crippen LogP contribution in [-0.2, 0) is 13.1 Å². The third kappa shape index (κ3) is 6.55. The van der Waals surface area contributed by atoms with Crippen molar-refractivity contribution >= 4 is 6.03 Å². The lowest BCUT2D eigenvalue weighted by atomic mass is 9.96. The fraction of sp³-hybridized carbons (Fsp3) is 0.500. The van der Waals surface area contributed by atoms with Crippen molar-refractivity contribution in [3.63, 3.8) is 0 Å². The van der Waals surface area contributed by atoms with Crippen molar-refractivity contribution in [3.8, 4) is 0 Å². The third-order valence-corrected chi connectivity index (χ3v) is 6.65. The van der Waals surface area contributed by atoms with Crippen LogP contribution in [0.3, 0.4) is 0 Å². The Balaban J connectivity index is 1.13. The Morgan fingerprint density at radius 3 is 2.19 bits per heavy atom. The van der Waals surface area contributed by atoms with Gasteiger partial charge in [0.05, 0.1) is 0 Å². The van der Waals surface area contributed by atoms with E-state index in [9.17, 15) is 4.79 Å². The van der Waals surface area contributed by atoms with Gasteiger partial charge in [-0.15, -0.1) is 0 Å². The minimum atomic E-state index is 0.113. The maximum Gasteiger partial charge on any atom is 0.317 e. The Kier molecular flexibility index (Phi) is 7.60. The molecule has 31 heavy (non-hydrogen) atoms. The summed E-state index contributed by atoms with van der Waals surface area (Å²) in [5.41, 5.74) is 4.05. The molecule has 2 amide bonds. The van der Waals surface area contributed by atoms with Crippen LogP contribution in [0.15, 0.2) is 54.6 Å². The minimum absolute atomic E-state index is 0.113. The number of hydrogen-bond donors (Lipinski definition) is 1. The summed E-state index contributed by atoms with van der Waals surface area (Å²) < 4.78 is 0. The molecule has 5 nitrogen and oxygen atoms in total. The van der Waals surface area contributed by atoms with Gasteiger partial charge in [0, 0.05) is 45.8 Å². The van der Waals surface area contributed by atoms with E-state index in [1.807, 2.05) is 4.90 Å². The number of hydrogen-bond acceptors (Lipinski definition) is 3. The zero-order valence-corrected chi connectivity index (χ0v) is 18.8. The predicted molar refractivity (Wildman–Crippen MR) is 126 cm³/mol. The Morgan fingerprint density at radius 1 is 0.839 bits per heavy atom. The standard InChI is InChI=1S/C26H36N4O/c1-22-6-5-9-25(18-22)21-29-14-16-30(17-15-29)26(31)27-19-23-10-12-28(13-11-23)20-24-7-3-2-4-8-24/h2-9,18,23H,10-17,19-21H2,1H3,(H,27,31). The number of rotatable bonds is 6. The highest BCUT2D eigenvalue weighted by Crippen LogP contribution is 2.18. The van der Waals surface area contributed by atoms with Crippen LogP contribution in [0.1, 0.15) is 29.5 Å². The fourth-order valence-corrected chi connectivity index (χ4v) is 4.71. The molecule has 0 bridgehead atoms. The second-order valence-electron chi connectivity index (χ2n) is 9.14. The Labute approximate surface area is 187 Å². The van der Waals surface area contributed by atoms with Gasteiger partial charge >= 0.3 is 6.03 Å². The van der Waals surface area contributed by atoms with E-state index in [1.165, 1.54) is 16.7 Å². The lowest BCUT2D eigenvalue weighted by molar-refractivity contribution is 0.131. The summed E-state index contributed by atoms with van der Waals surface area (Å²) in [6.45, 7) is 10.7. The SMILES string of the molecule is Cc1cccc(CN2CCN(C(=O)NCC3CCN(Cc4ccccc4)CC3)CC2)c1. The summed E-state index contributed by atoms with van der Waals surface area (Å²) in [5.74, 6) is 0.596. The van der Waals surface area contributed by atoms with E-state index in [4.69, 9.17) is 0 Å². The molecule has 0 atom stereocenters. The van der Waals surface area contributed by atoms with Crippen LogP contribution in [0.4, 0.5) is 4.79 Å². The molecule has 0 unspecified atom stereocenters. The molecule has 0 saturated carbocycles. The molecule has 2 aromatic rings. The summed E-state index contributed by atoms with van der Waals surface area (Å²) in [4.78, 5) is 19.6. The lowest BCUT2D eigenvalue weighted by Crippen LogP contribution is -2.52. The summed E-state index contributed by atoms with van der Waals surface area (Å²) >= 11 is 0. The van der Waals surface area contributed by atoms with Gasteiger partial charge in [0.25, 0.3) is 0 Å². The van der Waals surface area contributed by atoms with Gasteiger partial charge in [-0.3, -0.25) is 9.80 Å². The van der Waals surface area contributed by atoms with Crippen molar-refractivity contribution in [1.29, 1.82) is 0 Å². The van der Waals surface area contributed by atoms with E-state index in [1.54, 1.807) is 0 Å². The molecule has 2 aliphatic rings. The largest absolute Gasteiger partial charge is 0.338 e. The zero-order chi connectivity index (χ0) is 21.5. The molecule has 2 heterocycles. The van der Waals surface area contributed by atoms with Crippen LogP contribution in [0.2, 0.25) is 0 Å². The van der Waals surface area contributed by atoms with Crippen LogP contribution in [0, 0.1) is 12.8 Å². The quantitative estimate of drug-likeness (QED) is 0.774. The molecule has 166 valence electrons. The average Bonchev–Trinajstić information content (AvgIpc) is 2.80. The number of aryl methyl sites for hydroxylation is 1. The van der Waals surface area contributed by atoms with Crippen molar-refractivity contribution in [1.82, 2.24) is 20.0 Å². The number of nitrogens with one attached hydrogen (secondary N) is 1. The highest BCUT2D eigenvalue weighted by molar-refractivity contribution is 5.74. The number of piperidine rings is 1. The molecule has 0 aromatic heterocycles. The van der Waals surface area contributed by atoms with E-state index in [2.05, 4.69) is 76.6 Å². The third-order valence-electron chi connectivity index (χ3n) is 6.65. The summed E-state index contributed by atoms with van der Waals surface area (Å²) in [7, 11) is 0. The van der Waals surface area contributed by atoms with E-state index < -0.39 is 0 Å². The van der Waals surface area contributed by atoms with Crippen LogP contribution in [-0.4, -0.2) is 66.5 Å². The Hall–Kier alpha value is -2.37. The van der Waals surface area contributed by atoms with E-state index in [0.717, 1.165) is 71.7 Å². The highest BCUT2D eigenvalue weighted by atomic mass is 16.2. The van der Waals surface area contributed by atoms with Gasteiger partial charge in [-0.25, -0.2) is 4.79 Å². The van der Waals surface area contributed by atoms with Crippen LogP contribution in [0.25, 0.3) is 0 Å². The molecule has 0 radical (unpaired) electrons. The van der Waals surface area contributed by atoms with Crippen LogP contribution < -0.4 is 5.32 Å². The van der Waals surface area contributed by atoms with Gasteiger partial charge in [0.2, 0.25) is 0 Å². The van der Waals surface area contributed by atoms with Crippen molar-refractivity contribution in [2.45, 2.75) is 32.9 Å². The second-order valence-corrected chi connectivity index (χ2v) is 9.14. The summed E-state index contributed by atoms with van der Waals surface area (Å²) in [6, 6.07) is 19.5. The van der Waals surface area contributed by atoms with Crippen molar-refractivity contribution in [2.75, 3.05) is 45.8 Å². The first-order chi connectivity index (χ1) is 15.2. The van der Waals surface area contributed by atoms with Crippen LogP contribution in [0.5, 0.6) is 0 Å². The number of urea groups is 1. The minimum Gasteiger partial charge on any atom is -0.338 e. The first-order valence-electron chi connectivity index (χ1n) is 11.7. The molecule has 2 fully saturated rings. The molecule has 5 heteroatoms. The average molecular weight is 421 g/mol. The zero-order valence-electron chi connectivity index (χ0n) is 18.8. The molecule has 0 aliphatic carbocycles. The van der Waals surface area contributed by atoms with Crippen molar-refractivity contribution in [2.24, 2.45) is 5.92 Å². The number of piperazine rings is 1. The Morgan fingerprint density at radius 2 is 1.48 bits per heavy atom. The smallest absolute Gasteiger partial charge is 0.317 e. The number of likely N-dealkylation sites (tertiary alicyclic amines) is 1. The normalized spacial score (nSPS) is 18.8. The number of carbonyl (C=O) groups is 1. The maximum absolute atomic E-state index is 12.6. The number of nitrogens with zero attached hydrogens (tertiary/aromatic N) is 3. The van der Waals surface area contributed by atoms with Gasteiger partial charge in [-0.1, -0.05) is 60.2 Å². The van der Waals surface area contributed by atoms with E-state index in [0.29, 0.717) is 5.92 Å². The number of carbonyl (C=O) groups excluding carboxylic acids is 1. The second kappa shape index (κ2) is 10.8. The molecule has 2 saturated heterocycles. The van der Waals surface area contributed by atoms with E-state index >= 15 is 0 Å².